The lowest BCUT2D eigenvalue weighted by atomic mass is 10.1. The summed E-state index contributed by atoms with van der Waals surface area (Å²) in [7, 11) is 1.59. The number of nitrogens with one attached hydrogen (secondary N) is 2. The van der Waals surface area contributed by atoms with Gasteiger partial charge >= 0.3 is 0 Å². The lowest BCUT2D eigenvalue weighted by Crippen LogP contribution is -2.18. The van der Waals surface area contributed by atoms with E-state index < -0.39 is 0 Å². The number of amides is 1. The molecule has 0 bridgehead atoms. The van der Waals surface area contributed by atoms with E-state index in [9.17, 15) is 4.79 Å². The summed E-state index contributed by atoms with van der Waals surface area (Å²) in [6.07, 6.45) is 0. The van der Waals surface area contributed by atoms with Crippen LogP contribution in [-0.4, -0.2) is 19.6 Å². The maximum atomic E-state index is 11.4. The lowest BCUT2D eigenvalue weighted by molar-refractivity contribution is -0.114. The quantitative estimate of drug-likeness (QED) is 0.764. The molecule has 134 valence electrons. The predicted octanol–water partition coefficient (Wildman–Crippen LogP) is 3.90. The first kappa shape index (κ1) is 18.8. The van der Waals surface area contributed by atoms with Gasteiger partial charge in [-0.25, -0.2) is 0 Å². The summed E-state index contributed by atoms with van der Waals surface area (Å²) in [6, 6.07) is 14.0. The minimum absolute atomic E-state index is 0.120. The molecule has 1 atom stereocenters. The number of ether oxygens (including phenoxy) is 2. The number of hydrogen-bond donors (Lipinski definition) is 2. The second kappa shape index (κ2) is 9.08. The Morgan fingerprint density at radius 3 is 2.68 bits per heavy atom. The summed E-state index contributed by atoms with van der Waals surface area (Å²) in [6.45, 7) is 6.93. The van der Waals surface area contributed by atoms with Crippen LogP contribution < -0.4 is 20.1 Å². The molecule has 0 radical (unpaired) electrons. The monoisotopic (exact) mass is 342 g/mol. The largest absolute Gasteiger partial charge is 0.495 e. The Morgan fingerprint density at radius 2 is 2.00 bits per heavy atom. The van der Waals surface area contributed by atoms with Crippen molar-refractivity contribution in [3.63, 3.8) is 0 Å². The summed E-state index contributed by atoms with van der Waals surface area (Å²) < 4.78 is 10.8. The summed E-state index contributed by atoms with van der Waals surface area (Å²) in [5, 5.41) is 6.30. The van der Waals surface area contributed by atoms with Crippen LogP contribution in [0.3, 0.4) is 0 Å². The van der Waals surface area contributed by atoms with Gasteiger partial charge in [0.15, 0.2) is 0 Å². The van der Waals surface area contributed by atoms with Gasteiger partial charge in [-0.2, -0.15) is 0 Å². The van der Waals surface area contributed by atoms with Gasteiger partial charge in [-0.05, 0) is 49.2 Å². The van der Waals surface area contributed by atoms with Crippen molar-refractivity contribution in [2.24, 2.45) is 0 Å². The van der Waals surface area contributed by atoms with Crippen LogP contribution in [0.1, 0.15) is 37.9 Å². The Kier molecular flexibility index (Phi) is 6.83. The standard InChI is InChI=1S/C20H26N2O3/c1-5-25-18-8-6-7-16(11-18)13-21-14(2)17-9-10-20(24-4)19(12-17)22-15(3)23/h6-12,14,21H,5,13H2,1-4H3,(H,22,23)/t14-/m0/s1. The molecule has 0 heterocycles. The molecule has 5 nitrogen and oxygen atoms in total. The van der Waals surface area contributed by atoms with Gasteiger partial charge in [0.2, 0.25) is 5.91 Å². The van der Waals surface area contributed by atoms with Gasteiger partial charge in [0.05, 0.1) is 19.4 Å². The normalized spacial score (nSPS) is 11.7. The number of rotatable bonds is 8. The molecule has 0 saturated carbocycles. The number of carbonyl (C=O) groups excluding carboxylic acids is 1. The Labute approximate surface area is 149 Å². The summed E-state index contributed by atoms with van der Waals surface area (Å²) >= 11 is 0. The Bertz CT molecular complexity index is 716. The van der Waals surface area contributed by atoms with E-state index in [0.29, 0.717) is 18.0 Å². The maximum absolute atomic E-state index is 11.4. The molecular formula is C20H26N2O3. The van der Waals surface area contributed by atoms with Crippen LogP contribution in [0.4, 0.5) is 5.69 Å². The minimum Gasteiger partial charge on any atom is -0.495 e. The zero-order chi connectivity index (χ0) is 18.2. The third-order valence-corrected chi connectivity index (χ3v) is 3.86. The van der Waals surface area contributed by atoms with Crippen LogP contribution in [0, 0.1) is 0 Å². The maximum Gasteiger partial charge on any atom is 0.221 e. The van der Waals surface area contributed by atoms with Gasteiger partial charge in [-0.15, -0.1) is 0 Å². The molecule has 2 N–H and O–H groups in total. The van der Waals surface area contributed by atoms with E-state index in [-0.39, 0.29) is 11.9 Å². The van der Waals surface area contributed by atoms with Gasteiger partial charge in [-0.3, -0.25) is 4.79 Å². The number of methoxy groups -OCH3 is 1. The smallest absolute Gasteiger partial charge is 0.221 e. The predicted molar refractivity (Wildman–Crippen MR) is 100 cm³/mol. The highest BCUT2D eigenvalue weighted by Gasteiger charge is 2.11. The van der Waals surface area contributed by atoms with Gasteiger partial charge in [0, 0.05) is 19.5 Å². The SMILES string of the molecule is CCOc1cccc(CN[C@@H](C)c2ccc(OC)c(NC(C)=O)c2)c1. The zero-order valence-electron chi connectivity index (χ0n) is 15.3. The van der Waals surface area contributed by atoms with Crippen LogP contribution in [0.25, 0.3) is 0 Å². The van der Waals surface area contributed by atoms with Crippen LogP contribution in [0.15, 0.2) is 42.5 Å². The molecule has 0 unspecified atom stereocenters. The molecule has 0 aromatic heterocycles. The van der Waals surface area contributed by atoms with Gasteiger partial charge < -0.3 is 20.1 Å². The molecule has 25 heavy (non-hydrogen) atoms. The van der Waals surface area contributed by atoms with Crippen molar-refractivity contribution in [2.75, 3.05) is 19.0 Å². The van der Waals surface area contributed by atoms with Crippen molar-refractivity contribution in [1.29, 1.82) is 0 Å². The third kappa shape index (κ3) is 5.50. The molecule has 0 aliphatic rings. The molecule has 0 saturated heterocycles. The van der Waals surface area contributed by atoms with E-state index in [1.807, 2.05) is 43.3 Å². The molecule has 0 spiro atoms. The van der Waals surface area contributed by atoms with Gasteiger partial charge in [-0.1, -0.05) is 18.2 Å². The van der Waals surface area contributed by atoms with Crippen molar-refractivity contribution < 1.29 is 14.3 Å². The van der Waals surface area contributed by atoms with E-state index in [0.717, 1.165) is 23.4 Å². The van der Waals surface area contributed by atoms with E-state index in [4.69, 9.17) is 9.47 Å². The van der Waals surface area contributed by atoms with Gasteiger partial charge in [0.25, 0.3) is 0 Å². The topological polar surface area (TPSA) is 59.6 Å². The van der Waals surface area contributed by atoms with E-state index in [2.05, 4.69) is 23.6 Å². The fraction of sp³-hybridized carbons (Fsp3) is 0.350. The van der Waals surface area contributed by atoms with E-state index in [1.165, 1.54) is 6.92 Å². The number of anilines is 1. The Hall–Kier alpha value is -2.53. The van der Waals surface area contributed by atoms with Crippen molar-refractivity contribution in [3.8, 4) is 11.5 Å². The fourth-order valence-electron chi connectivity index (χ4n) is 2.58. The molecule has 5 heteroatoms. The molecule has 2 rings (SSSR count). The Morgan fingerprint density at radius 1 is 1.20 bits per heavy atom. The summed E-state index contributed by atoms with van der Waals surface area (Å²) in [5.74, 6) is 1.41. The summed E-state index contributed by atoms with van der Waals surface area (Å²) in [4.78, 5) is 11.4. The summed E-state index contributed by atoms with van der Waals surface area (Å²) in [5.41, 5.74) is 2.92. The van der Waals surface area contributed by atoms with Crippen molar-refractivity contribution in [1.82, 2.24) is 5.32 Å². The second-order valence-corrected chi connectivity index (χ2v) is 5.82. The number of benzene rings is 2. The molecular weight excluding hydrogens is 316 g/mol. The van der Waals surface area contributed by atoms with Crippen molar-refractivity contribution in [2.45, 2.75) is 33.4 Å². The first-order chi connectivity index (χ1) is 12.0. The van der Waals surface area contributed by atoms with Crippen LogP contribution >= 0.6 is 0 Å². The highest BCUT2D eigenvalue weighted by Crippen LogP contribution is 2.28. The third-order valence-electron chi connectivity index (χ3n) is 3.86. The number of carbonyl (C=O) groups is 1. The van der Waals surface area contributed by atoms with E-state index in [1.54, 1.807) is 7.11 Å². The Balaban J connectivity index is 2.06. The van der Waals surface area contributed by atoms with Crippen LogP contribution in [-0.2, 0) is 11.3 Å². The zero-order valence-corrected chi connectivity index (χ0v) is 15.3. The van der Waals surface area contributed by atoms with E-state index >= 15 is 0 Å². The van der Waals surface area contributed by atoms with Crippen molar-refractivity contribution >= 4 is 11.6 Å². The second-order valence-electron chi connectivity index (χ2n) is 5.82. The highest BCUT2D eigenvalue weighted by molar-refractivity contribution is 5.90. The fourth-order valence-corrected chi connectivity index (χ4v) is 2.58. The molecule has 0 fully saturated rings. The lowest BCUT2D eigenvalue weighted by Gasteiger charge is -2.17. The van der Waals surface area contributed by atoms with Crippen LogP contribution in [0.2, 0.25) is 0 Å². The minimum atomic E-state index is -0.121. The molecule has 0 aliphatic carbocycles. The number of hydrogen-bond acceptors (Lipinski definition) is 4. The molecule has 2 aromatic rings. The molecule has 1 amide bonds. The first-order valence-electron chi connectivity index (χ1n) is 8.44. The average Bonchev–Trinajstić information content (AvgIpc) is 2.60. The van der Waals surface area contributed by atoms with Crippen LogP contribution in [0.5, 0.6) is 11.5 Å². The molecule has 0 aliphatic heterocycles. The molecule has 2 aromatic carbocycles. The average molecular weight is 342 g/mol. The highest BCUT2D eigenvalue weighted by atomic mass is 16.5. The van der Waals surface area contributed by atoms with Gasteiger partial charge in [0.1, 0.15) is 11.5 Å². The first-order valence-corrected chi connectivity index (χ1v) is 8.44. The van der Waals surface area contributed by atoms with Crippen molar-refractivity contribution in [3.05, 3.63) is 53.6 Å².